The fraction of sp³-hybridized carbons (Fsp3) is 0.750. The van der Waals surface area contributed by atoms with Crippen LogP contribution in [0.5, 0.6) is 0 Å². The molecular formula is C12H25N5O5. The SMILES string of the molecule is COC(CONC=NNC(=O)OC(C)(C)C)[C@](C)(N)C(N)=O. The van der Waals surface area contributed by atoms with E-state index in [4.69, 9.17) is 25.8 Å². The standard InChI is InChI=1S/C12H25N5O5/c1-11(2,3)22-10(19)17-15-7-16-21-6-8(20-5)12(4,14)9(13)18/h7-8H,6,14H2,1-5H3,(H2,13,18)(H,15,16)(H,17,19)/t8?,12-/m0/s1. The van der Waals surface area contributed by atoms with Crippen molar-refractivity contribution in [3.8, 4) is 0 Å². The monoisotopic (exact) mass is 319 g/mol. The number of hydrazone groups is 1. The second kappa shape index (κ2) is 8.51. The van der Waals surface area contributed by atoms with Gasteiger partial charge in [-0.15, -0.1) is 0 Å². The zero-order valence-corrected chi connectivity index (χ0v) is 13.5. The fourth-order valence-corrected chi connectivity index (χ4v) is 1.22. The highest BCUT2D eigenvalue weighted by atomic mass is 16.7. The van der Waals surface area contributed by atoms with Gasteiger partial charge in [0.1, 0.15) is 30.2 Å². The van der Waals surface area contributed by atoms with E-state index in [1.54, 1.807) is 20.8 Å². The molecule has 0 aromatic heterocycles. The first-order valence-corrected chi connectivity index (χ1v) is 6.50. The number of primary amides is 1. The number of hydroxylamine groups is 1. The van der Waals surface area contributed by atoms with Crippen molar-refractivity contribution in [2.45, 2.75) is 44.9 Å². The van der Waals surface area contributed by atoms with Gasteiger partial charge in [-0.25, -0.2) is 10.2 Å². The molecule has 0 saturated heterocycles. The highest BCUT2D eigenvalue weighted by Gasteiger charge is 2.36. The van der Waals surface area contributed by atoms with Crippen molar-refractivity contribution in [1.82, 2.24) is 10.9 Å². The smallest absolute Gasteiger partial charge is 0.428 e. The van der Waals surface area contributed by atoms with Crippen LogP contribution in [-0.2, 0) is 19.1 Å². The maximum absolute atomic E-state index is 11.2. The summed E-state index contributed by atoms with van der Waals surface area (Å²) in [6.07, 6.45) is -0.386. The fourth-order valence-electron chi connectivity index (χ4n) is 1.22. The Kier molecular flexibility index (Phi) is 7.77. The van der Waals surface area contributed by atoms with E-state index in [-0.39, 0.29) is 6.61 Å². The Hall–Kier alpha value is -1.91. The molecule has 0 fully saturated rings. The Morgan fingerprint density at radius 1 is 1.32 bits per heavy atom. The predicted molar refractivity (Wildman–Crippen MR) is 79.5 cm³/mol. The van der Waals surface area contributed by atoms with Gasteiger partial charge in [0.05, 0.1) is 0 Å². The minimum atomic E-state index is -1.39. The number of carbonyl (C=O) groups is 2. The number of carbonyl (C=O) groups excluding carboxylic acids is 2. The topological polar surface area (TPSA) is 150 Å². The first kappa shape index (κ1) is 20.1. The molecule has 0 rings (SSSR count). The largest absolute Gasteiger partial charge is 0.443 e. The lowest BCUT2D eigenvalue weighted by atomic mass is 9.96. The third kappa shape index (κ3) is 7.76. The van der Waals surface area contributed by atoms with Crippen LogP contribution in [0, 0.1) is 0 Å². The third-order valence-electron chi connectivity index (χ3n) is 2.47. The van der Waals surface area contributed by atoms with Crippen molar-refractivity contribution in [2.75, 3.05) is 13.7 Å². The van der Waals surface area contributed by atoms with E-state index in [1.807, 2.05) is 0 Å². The number of hydrogen-bond acceptors (Lipinski definition) is 7. The zero-order valence-electron chi connectivity index (χ0n) is 13.5. The number of methoxy groups -OCH3 is 1. The molecule has 0 aliphatic rings. The summed E-state index contributed by atoms with van der Waals surface area (Å²) < 4.78 is 10.0. The van der Waals surface area contributed by atoms with Crippen molar-refractivity contribution in [3.63, 3.8) is 0 Å². The van der Waals surface area contributed by atoms with Gasteiger partial charge in [-0.2, -0.15) is 5.10 Å². The summed E-state index contributed by atoms with van der Waals surface area (Å²) in [4.78, 5) is 27.4. The van der Waals surface area contributed by atoms with Crippen LogP contribution in [0.25, 0.3) is 0 Å². The Morgan fingerprint density at radius 2 is 1.91 bits per heavy atom. The number of ether oxygens (including phenoxy) is 2. The normalized spacial score (nSPS) is 15.9. The quantitative estimate of drug-likeness (QED) is 0.198. The predicted octanol–water partition coefficient (Wildman–Crippen LogP) is -0.807. The molecule has 0 aromatic rings. The molecular weight excluding hydrogens is 294 g/mol. The summed E-state index contributed by atoms with van der Waals surface area (Å²) in [5.74, 6) is -0.719. The van der Waals surface area contributed by atoms with Crippen LogP contribution in [0.2, 0.25) is 0 Å². The van der Waals surface area contributed by atoms with E-state index in [9.17, 15) is 9.59 Å². The van der Waals surface area contributed by atoms with E-state index >= 15 is 0 Å². The number of nitrogens with zero attached hydrogens (tertiary/aromatic N) is 1. The number of nitrogens with two attached hydrogens (primary N) is 2. The lowest BCUT2D eigenvalue weighted by Gasteiger charge is -2.29. The van der Waals surface area contributed by atoms with E-state index in [0.29, 0.717) is 0 Å². The second-order valence-corrected chi connectivity index (χ2v) is 5.67. The van der Waals surface area contributed by atoms with Crippen LogP contribution in [0.1, 0.15) is 27.7 Å². The van der Waals surface area contributed by atoms with Crippen LogP contribution >= 0.6 is 0 Å². The lowest BCUT2D eigenvalue weighted by Crippen LogP contribution is -2.60. The maximum atomic E-state index is 11.2. The molecule has 10 nitrogen and oxygen atoms in total. The molecule has 22 heavy (non-hydrogen) atoms. The van der Waals surface area contributed by atoms with E-state index < -0.39 is 29.2 Å². The summed E-state index contributed by atoms with van der Waals surface area (Å²) in [6.45, 7) is 6.55. The molecule has 0 aromatic carbocycles. The van der Waals surface area contributed by atoms with Crippen LogP contribution in [0.3, 0.4) is 0 Å². The highest BCUT2D eigenvalue weighted by Crippen LogP contribution is 2.09. The van der Waals surface area contributed by atoms with Gasteiger partial charge >= 0.3 is 6.09 Å². The van der Waals surface area contributed by atoms with Gasteiger partial charge < -0.3 is 20.9 Å². The zero-order chi connectivity index (χ0) is 17.4. The summed E-state index contributed by atoms with van der Waals surface area (Å²) in [7, 11) is 1.38. The van der Waals surface area contributed by atoms with Crippen molar-refractivity contribution in [1.29, 1.82) is 0 Å². The first-order valence-electron chi connectivity index (χ1n) is 6.50. The molecule has 128 valence electrons. The van der Waals surface area contributed by atoms with Crippen molar-refractivity contribution in [2.24, 2.45) is 16.6 Å². The Bertz CT molecular complexity index is 405. The summed E-state index contributed by atoms with van der Waals surface area (Å²) >= 11 is 0. The van der Waals surface area contributed by atoms with Gasteiger partial charge in [-0.05, 0) is 27.7 Å². The average Bonchev–Trinajstić information content (AvgIpc) is 2.35. The highest BCUT2D eigenvalue weighted by molar-refractivity contribution is 5.84. The van der Waals surface area contributed by atoms with Crippen LogP contribution in [0.4, 0.5) is 4.79 Å². The van der Waals surface area contributed by atoms with Crippen molar-refractivity contribution < 1.29 is 23.9 Å². The lowest BCUT2D eigenvalue weighted by molar-refractivity contribution is -0.130. The van der Waals surface area contributed by atoms with E-state index in [1.165, 1.54) is 14.0 Å². The van der Waals surface area contributed by atoms with Gasteiger partial charge in [0, 0.05) is 7.11 Å². The van der Waals surface area contributed by atoms with Gasteiger partial charge in [-0.3, -0.25) is 15.1 Å². The minimum Gasteiger partial charge on any atom is -0.443 e. The second-order valence-electron chi connectivity index (χ2n) is 5.67. The van der Waals surface area contributed by atoms with Crippen LogP contribution in [-0.4, -0.2) is 49.3 Å². The number of rotatable bonds is 8. The third-order valence-corrected chi connectivity index (χ3v) is 2.47. The van der Waals surface area contributed by atoms with Gasteiger partial charge in [0.25, 0.3) is 0 Å². The van der Waals surface area contributed by atoms with Crippen LogP contribution < -0.4 is 22.4 Å². The Morgan fingerprint density at radius 3 is 2.36 bits per heavy atom. The minimum absolute atomic E-state index is 0.0646. The molecule has 10 heteroatoms. The van der Waals surface area contributed by atoms with E-state index in [2.05, 4.69) is 16.0 Å². The average molecular weight is 319 g/mol. The van der Waals surface area contributed by atoms with Crippen molar-refractivity contribution in [3.05, 3.63) is 0 Å². The maximum Gasteiger partial charge on any atom is 0.428 e. The molecule has 0 aliphatic carbocycles. The van der Waals surface area contributed by atoms with Gasteiger partial charge in [0.15, 0.2) is 0 Å². The van der Waals surface area contributed by atoms with Gasteiger partial charge in [-0.1, -0.05) is 0 Å². The molecule has 2 amide bonds. The molecule has 6 N–H and O–H groups in total. The molecule has 0 bridgehead atoms. The molecule has 0 heterocycles. The van der Waals surface area contributed by atoms with Crippen molar-refractivity contribution >= 4 is 18.3 Å². The number of nitrogens with one attached hydrogen (secondary N) is 2. The van der Waals surface area contributed by atoms with E-state index in [0.717, 1.165) is 6.34 Å². The molecule has 0 radical (unpaired) electrons. The first-order chi connectivity index (χ1) is 10.0. The Balaban J connectivity index is 4.08. The summed E-state index contributed by atoms with van der Waals surface area (Å²) in [5.41, 5.74) is 13.4. The molecule has 0 spiro atoms. The summed E-state index contributed by atoms with van der Waals surface area (Å²) in [5, 5.41) is 3.53. The molecule has 0 aliphatic heterocycles. The van der Waals surface area contributed by atoms with Gasteiger partial charge in [0.2, 0.25) is 5.91 Å². The summed E-state index contributed by atoms with van der Waals surface area (Å²) in [6, 6.07) is 0. The number of hydrogen-bond donors (Lipinski definition) is 4. The number of amides is 2. The Labute approximate surface area is 129 Å². The molecule has 2 atom stereocenters. The molecule has 0 saturated carbocycles. The van der Waals surface area contributed by atoms with Crippen LogP contribution in [0.15, 0.2) is 5.10 Å². The molecule has 1 unspecified atom stereocenters.